The summed E-state index contributed by atoms with van der Waals surface area (Å²) < 4.78 is 0. The first-order chi connectivity index (χ1) is 1.91. The van der Waals surface area contributed by atoms with Gasteiger partial charge in [-0.2, -0.15) is 0 Å². The van der Waals surface area contributed by atoms with Crippen molar-refractivity contribution in [3.05, 3.63) is 6.42 Å². The van der Waals surface area contributed by atoms with E-state index in [0.717, 1.165) is 0 Å². The molecule has 1 heteroatoms. The van der Waals surface area contributed by atoms with Crippen molar-refractivity contribution in [3.8, 4) is 18.3 Å². The topological polar surface area (TPSA) is 0 Å². The van der Waals surface area contributed by atoms with Crippen LogP contribution in [0.3, 0.4) is 0 Å². The molecule has 0 aliphatic carbocycles. The van der Waals surface area contributed by atoms with Gasteiger partial charge in [0.1, 0.15) is 0 Å². The molecule has 0 spiro atoms. The van der Waals surface area contributed by atoms with E-state index in [1.807, 2.05) is 5.92 Å². The summed E-state index contributed by atoms with van der Waals surface area (Å²) in [6.45, 7) is 0. The Labute approximate surface area is 74.8 Å². The van der Waals surface area contributed by atoms with Crippen LogP contribution in [0.2, 0.25) is 0 Å². The fourth-order valence-electron chi connectivity index (χ4n) is 0. The zero-order valence-corrected chi connectivity index (χ0v) is 6.20. The first kappa shape index (κ1) is 9.23. The molecule has 5 heavy (non-hydrogen) atoms. The van der Waals surface area contributed by atoms with E-state index in [4.69, 9.17) is 6.42 Å². The third kappa shape index (κ3) is 11.7. The molecule has 0 aliphatic heterocycles. The first-order valence-corrected chi connectivity index (χ1v) is 0.789. The second-order valence-corrected chi connectivity index (χ2v) is 0.269. The van der Waals surface area contributed by atoms with E-state index in [0.29, 0.717) is 0 Å². The molecule has 0 atom stereocenters. The van der Waals surface area contributed by atoms with E-state index in [2.05, 4.69) is 6.42 Å². The van der Waals surface area contributed by atoms with Crippen LogP contribution in [0.4, 0.5) is 0 Å². The Morgan fingerprint density at radius 1 is 1.60 bits per heavy atom. The van der Waals surface area contributed by atoms with Crippen LogP contribution in [0.15, 0.2) is 0 Å². The Kier molecular flexibility index (Phi) is 16.3. The average Bonchev–Trinajstić information content (AvgIpc) is 1.37. The molecule has 0 radical (unpaired) electrons. The van der Waals surface area contributed by atoms with Gasteiger partial charge in [0.05, 0.1) is 0 Å². The van der Waals surface area contributed by atoms with Gasteiger partial charge in [-0.05, 0) is 0 Å². The largest absolute Gasteiger partial charge is 1.00 e. The van der Waals surface area contributed by atoms with Gasteiger partial charge >= 0.3 is 51.4 Å². The van der Waals surface area contributed by atoms with Crippen molar-refractivity contribution in [3.63, 3.8) is 0 Å². The number of hydrogen-bond donors (Lipinski definition) is 0. The quantitative estimate of drug-likeness (QED) is 0.171. The minimum absolute atomic E-state index is 0. The third-order valence-electron chi connectivity index (χ3n) is 0.0722. The van der Waals surface area contributed by atoms with Crippen molar-refractivity contribution in [2.45, 2.75) is 0 Å². The smallest absolute Gasteiger partial charge is 0.358 e. The summed E-state index contributed by atoms with van der Waals surface area (Å²) in [4.78, 5) is 0. The molecular formula is C4HK. The zero-order valence-electron chi connectivity index (χ0n) is 3.08. The van der Waals surface area contributed by atoms with Crippen molar-refractivity contribution >= 4 is 0 Å². The minimum atomic E-state index is 0. The van der Waals surface area contributed by atoms with Gasteiger partial charge in [0.15, 0.2) is 0 Å². The zero-order chi connectivity index (χ0) is 3.41. The molecule has 0 fully saturated rings. The summed E-state index contributed by atoms with van der Waals surface area (Å²) in [5.74, 6) is 3.56. The molecule has 0 aromatic heterocycles. The van der Waals surface area contributed by atoms with Crippen LogP contribution in [0.1, 0.15) is 0 Å². The summed E-state index contributed by atoms with van der Waals surface area (Å²) in [6, 6.07) is 0. The fraction of sp³-hybridized carbons (Fsp3) is 0. The third-order valence-corrected chi connectivity index (χ3v) is 0.0722. The van der Waals surface area contributed by atoms with Gasteiger partial charge in [-0.3, -0.25) is 11.8 Å². The van der Waals surface area contributed by atoms with Crippen LogP contribution < -0.4 is 51.4 Å². The van der Waals surface area contributed by atoms with E-state index in [1.54, 1.807) is 5.92 Å². The van der Waals surface area contributed by atoms with Gasteiger partial charge < -0.3 is 6.42 Å². The summed E-state index contributed by atoms with van der Waals surface area (Å²) in [5, 5.41) is 0. The summed E-state index contributed by atoms with van der Waals surface area (Å²) in [6.07, 6.45) is 10.4. The van der Waals surface area contributed by atoms with E-state index in [9.17, 15) is 0 Å². The van der Waals surface area contributed by atoms with Crippen LogP contribution in [0.25, 0.3) is 0 Å². The molecule has 0 bridgehead atoms. The summed E-state index contributed by atoms with van der Waals surface area (Å²) >= 11 is 0. The Morgan fingerprint density at radius 3 is 1.80 bits per heavy atom. The molecule has 0 aromatic carbocycles. The molecule has 0 nitrogen and oxygen atoms in total. The molecule has 18 valence electrons. The second kappa shape index (κ2) is 8.83. The molecule has 0 rings (SSSR count). The van der Waals surface area contributed by atoms with Gasteiger partial charge in [0, 0.05) is 0 Å². The second-order valence-electron chi connectivity index (χ2n) is 0.269. The first-order valence-electron chi connectivity index (χ1n) is 0.789. The number of hydrogen-bond acceptors (Lipinski definition) is 0. The predicted octanol–water partition coefficient (Wildman–Crippen LogP) is -2.79. The van der Waals surface area contributed by atoms with E-state index in [1.165, 1.54) is 0 Å². The van der Waals surface area contributed by atoms with Crippen LogP contribution in [-0.2, 0) is 0 Å². The molecule has 0 heterocycles. The van der Waals surface area contributed by atoms with E-state index < -0.39 is 0 Å². The van der Waals surface area contributed by atoms with Crippen molar-refractivity contribution in [2.75, 3.05) is 0 Å². The maximum absolute atomic E-state index is 5.97. The Morgan fingerprint density at radius 2 is 1.80 bits per heavy atom. The molecule has 0 unspecified atom stereocenters. The predicted molar refractivity (Wildman–Crippen MR) is 16.0 cm³/mol. The van der Waals surface area contributed by atoms with Crippen LogP contribution in [0, 0.1) is 24.7 Å². The van der Waals surface area contributed by atoms with Crippen LogP contribution >= 0.6 is 0 Å². The maximum atomic E-state index is 5.97. The molecule has 0 saturated heterocycles. The van der Waals surface area contributed by atoms with Gasteiger partial charge in [0.2, 0.25) is 0 Å². The SMILES string of the molecule is [C-]#CC#C.[K+]. The molecule has 0 aliphatic rings. The van der Waals surface area contributed by atoms with Crippen molar-refractivity contribution in [1.29, 1.82) is 0 Å². The summed E-state index contributed by atoms with van der Waals surface area (Å²) in [7, 11) is 0. The molecule has 0 aromatic rings. The number of rotatable bonds is 0. The van der Waals surface area contributed by atoms with E-state index >= 15 is 0 Å². The van der Waals surface area contributed by atoms with Crippen LogP contribution in [-0.4, -0.2) is 0 Å². The monoisotopic (exact) mass is 88.0 g/mol. The van der Waals surface area contributed by atoms with Crippen molar-refractivity contribution in [1.82, 2.24) is 0 Å². The fourth-order valence-corrected chi connectivity index (χ4v) is 0. The molecule has 0 N–H and O–H groups in total. The minimum Gasteiger partial charge on any atom is -0.358 e. The molecule has 0 amide bonds. The number of terminal acetylenes is 1. The summed E-state index contributed by atoms with van der Waals surface area (Å²) in [5.41, 5.74) is 0. The van der Waals surface area contributed by atoms with Gasteiger partial charge in [-0.15, -0.1) is 0 Å². The van der Waals surface area contributed by atoms with Crippen LogP contribution in [0.5, 0.6) is 0 Å². The van der Waals surface area contributed by atoms with Gasteiger partial charge in [-0.1, -0.05) is 0 Å². The molecular weight excluding hydrogens is 87.1 g/mol. The normalized spacial score (nSPS) is 2.00. The van der Waals surface area contributed by atoms with E-state index in [-0.39, 0.29) is 51.4 Å². The van der Waals surface area contributed by atoms with Crippen molar-refractivity contribution < 1.29 is 51.4 Å². The Hall–Kier alpha value is 0.756. The Bertz CT molecular complexity index is 58.6. The molecule has 0 saturated carbocycles. The standard InChI is InChI=1S/C4H.K/c1-3-4-2;/h1H;/q-1;+1. The maximum Gasteiger partial charge on any atom is 1.00 e. The van der Waals surface area contributed by atoms with Gasteiger partial charge in [-0.25, -0.2) is 6.42 Å². The Balaban J connectivity index is 0. The van der Waals surface area contributed by atoms with Gasteiger partial charge in [0.25, 0.3) is 0 Å². The average molecular weight is 88.2 g/mol. The van der Waals surface area contributed by atoms with Crippen molar-refractivity contribution in [2.24, 2.45) is 0 Å².